The number of carbonyl (C=O) groups is 2. The van der Waals surface area contributed by atoms with Crippen LogP contribution in [0, 0.1) is 11.8 Å². The first-order valence-electron chi connectivity index (χ1n) is 9.12. The van der Waals surface area contributed by atoms with E-state index in [0.29, 0.717) is 37.1 Å². The Balaban J connectivity index is 1.61. The van der Waals surface area contributed by atoms with Gasteiger partial charge in [0.15, 0.2) is 0 Å². The van der Waals surface area contributed by atoms with E-state index in [1.165, 1.54) is 6.20 Å². The van der Waals surface area contributed by atoms with Gasteiger partial charge in [0.1, 0.15) is 5.60 Å². The van der Waals surface area contributed by atoms with Crippen molar-refractivity contribution in [2.45, 2.75) is 33.3 Å². The van der Waals surface area contributed by atoms with E-state index < -0.39 is 5.60 Å². The summed E-state index contributed by atoms with van der Waals surface area (Å²) in [6.07, 6.45) is 3.07. The molecule has 1 amide bonds. The third kappa shape index (κ3) is 4.08. The Morgan fingerprint density at radius 1 is 1.15 bits per heavy atom. The van der Waals surface area contributed by atoms with E-state index >= 15 is 0 Å². The maximum absolute atomic E-state index is 12.3. The average molecular weight is 361 g/mol. The highest BCUT2D eigenvalue weighted by atomic mass is 16.6. The van der Waals surface area contributed by atoms with Gasteiger partial charge in [-0.3, -0.25) is 4.98 Å². The van der Waals surface area contributed by atoms with Crippen LogP contribution >= 0.6 is 0 Å². The Bertz CT molecular complexity index is 672. The zero-order chi connectivity index (χ0) is 18.9. The van der Waals surface area contributed by atoms with Crippen LogP contribution in [-0.2, 0) is 9.47 Å². The summed E-state index contributed by atoms with van der Waals surface area (Å²) in [6, 6.07) is 1.83. The summed E-state index contributed by atoms with van der Waals surface area (Å²) in [6.45, 7) is 10.9. The molecule has 2 aliphatic rings. The van der Waals surface area contributed by atoms with E-state index in [4.69, 9.17) is 9.47 Å². The van der Waals surface area contributed by atoms with Crippen LogP contribution < -0.4 is 4.90 Å². The molecule has 1 aromatic rings. The number of ether oxygens (including phenoxy) is 2. The largest absolute Gasteiger partial charge is 0.462 e. The number of nitrogens with zero attached hydrogens (tertiary/aromatic N) is 3. The molecule has 7 nitrogen and oxygen atoms in total. The Morgan fingerprint density at radius 2 is 1.81 bits per heavy atom. The number of rotatable bonds is 3. The molecule has 1 aromatic heterocycles. The predicted molar refractivity (Wildman–Crippen MR) is 97.2 cm³/mol. The van der Waals surface area contributed by atoms with Gasteiger partial charge in [-0.15, -0.1) is 0 Å². The molecular formula is C19H27N3O4. The van der Waals surface area contributed by atoms with Crippen molar-refractivity contribution in [3.8, 4) is 0 Å². The molecule has 2 atom stereocenters. The second kappa shape index (κ2) is 7.13. The predicted octanol–water partition coefficient (Wildman–Crippen LogP) is 2.56. The highest BCUT2D eigenvalue weighted by Crippen LogP contribution is 2.34. The zero-order valence-electron chi connectivity index (χ0n) is 15.9. The smallest absolute Gasteiger partial charge is 0.410 e. The fourth-order valence-electron chi connectivity index (χ4n) is 3.61. The molecule has 0 unspecified atom stereocenters. The monoisotopic (exact) mass is 361 g/mol. The number of fused-ring (bicyclic) bond motifs is 1. The third-order valence-corrected chi connectivity index (χ3v) is 4.74. The van der Waals surface area contributed by atoms with Gasteiger partial charge in [-0.25, -0.2) is 9.59 Å². The molecule has 26 heavy (non-hydrogen) atoms. The number of amides is 1. The van der Waals surface area contributed by atoms with Gasteiger partial charge in [0.05, 0.1) is 24.1 Å². The minimum atomic E-state index is -0.472. The van der Waals surface area contributed by atoms with Gasteiger partial charge in [0.2, 0.25) is 0 Å². The van der Waals surface area contributed by atoms with Crippen molar-refractivity contribution in [1.82, 2.24) is 9.88 Å². The third-order valence-electron chi connectivity index (χ3n) is 4.74. The minimum Gasteiger partial charge on any atom is -0.462 e. The van der Waals surface area contributed by atoms with E-state index in [-0.39, 0.29) is 12.1 Å². The van der Waals surface area contributed by atoms with Crippen molar-refractivity contribution in [2.24, 2.45) is 11.8 Å². The molecule has 0 spiro atoms. The molecule has 0 aliphatic carbocycles. The van der Waals surface area contributed by atoms with Crippen LogP contribution in [0.15, 0.2) is 18.5 Å². The summed E-state index contributed by atoms with van der Waals surface area (Å²) < 4.78 is 10.5. The van der Waals surface area contributed by atoms with Gasteiger partial charge < -0.3 is 19.3 Å². The standard InChI is InChI=1S/C19H27N3O4/c1-5-25-17(23)13-6-16(8-20-7-13)21-9-14-11-22(12-15(14)10-21)18(24)26-19(2,3)4/h6-8,14-15H,5,9-12H2,1-4H3/t14-,15-/m1/s1. The Hall–Kier alpha value is -2.31. The molecule has 2 aliphatic heterocycles. The van der Waals surface area contributed by atoms with Gasteiger partial charge >= 0.3 is 12.1 Å². The van der Waals surface area contributed by atoms with Crippen molar-refractivity contribution >= 4 is 17.7 Å². The van der Waals surface area contributed by atoms with Crippen molar-refractivity contribution in [1.29, 1.82) is 0 Å². The van der Waals surface area contributed by atoms with Crippen molar-refractivity contribution in [2.75, 3.05) is 37.7 Å². The number of anilines is 1. The zero-order valence-corrected chi connectivity index (χ0v) is 15.9. The summed E-state index contributed by atoms with van der Waals surface area (Å²) in [5.74, 6) is 0.472. The molecule has 0 N–H and O–H groups in total. The second-order valence-corrected chi connectivity index (χ2v) is 7.96. The van der Waals surface area contributed by atoms with Crippen molar-refractivity contribution in [3.63, 3.8) is 0 Å². The summed E-state index contributed by atoms with van der Waals surface area (Å²) in [4.78, 5) is 32.4. The number of aromatic nitrogens is 1. The van der Waals surface area contributed by atoms with Crippen LogP contribution in [0.25, 0.3) is 0 Å². The quantitative estimate of drug-likeness (QED) is 0.771. The van der Waals surface area contributed by atoms with E-state index in [9.17, 15) is 9.59 Å². The summed E-state index contributed by atoms with van der Waals surface area (Å²) in [5, 5.41) is 0. The molecule has 142 valence electrons. The lowest BCUT2D eigenvalue weighted by Crippen LogP contribution is -2.37. The lowest BCUT2D eigenvalue weighted by molar-refractivity contribution is 0.0282. The Morgan fingerprint density at radius 3 is 2.38 bits per heavy atom. The minimum absolute atomic E-state index is 0.232. The first-order chi connectivity index (χ1) is 12.3. The van der Waals surface area contributed by atoms with Gasteiger partial charge in [-0.05, 0) is 33.8 Å². The Labute approximate surface area is 154 Å². The maximum atomic E-state index is 12.3. The highest BCUT2D eigenvalue weighted by Gasteiger charge is 2.42. The maximum Gasteiger partial charge on any atom is 0.410 e. The Kier molecular flexibility index (Phi) is 5.07. The van der Waals surface area contributed by atoms with Crippen LogP contribution in [0.5, 0.6) is 0 Å². The number of pyridine rings is 1. The molecule has 3 heterocycles. The number of likely N-dealkylation sites (tertiary alicyclic amines) is 1. The van der Waals surface area contributed by atoms with E-state index in [1.807, 2.05) is 31.7 Å². The van der Waals surface area contributed by atoms with Gasteiger partial charge in [-0.1, -0.05) is 0 Å². The fourth-order valence-corrected chi connectivity index (χ4v) is 3.61. The molecule has 2 fully saturated rings. The number of hydrogen-bond acceptors (Lipinski definition) is 6. The molecular weight excluding hydrogens is 334 g/mol. The van der Waals surface area contributed by atoms with Crippen LogP contribution in [0.4, 0.5) is 10.5 Å². The fraction of sp³-hybridized carbons (Fsp3) is 0.632. The van der Waals surface area contributed by atoms with Crippen LogP contribution in [0.2, 0.25) is 0 Å². The normalized spacial score (nSPS) is 22.3. The van der Waals surface area contributed by atoms with E-state index in [1.54, 1.807) is 13.1 Å². The first kappa shape index (κ1) is 18.5. The molecule has 0 aromatic carbocycles. The molecule has 3 rings (SSSR count). The first-order valence-corrected chi connectivity index (χ1v) is 9.12. The average Bonchev–Trinajstić information content (AvgIpc) is 3.12. The molecule has 0 bridgehead atoms. The topological polar surface area (TPSA) is 72.0 Å². The summed E-state index contributed by atoms with van der Waals surface area (Å²) in [5.41, 5.74) is 0.922. The van der Waals surface area contributed by atoms with E-state index in [0.717, 1.165) is 18.8 Å². The van der Waals surface area contributed by atoms with Gasteiger partial charge in [-0.2, -0.15) is 0 Å². The van der Waals surface area contributed by atoms with Gasteiger partial charge in [0, 0.05) is 44.2 Å². The number of esters is 1. The van der Waals surface area contributed by atoms with Crippen LogP contribution in [-0.4, -0.2) is 60.3 Å². The molecule has 0 saturated carbocycles. The summed E-state index contributed by atoms with van der Waals surface area (Å²) in [7, 11) is 0. The molecule has 2 saturated heterocycles. The number of carbonyl (C=O) groups excluding carboxylic acids is 2. The van der Waals surface area contributed by atoms with Crippen LogP contribution in [0.3, 0.4) is 0 Å². The lowest BCUT2D eigenvalue weighted by Gasteiger charge is -2.26. The van der Waals surface area contributed by atoms with E-state index in [2.05, 4.69) is 9.88 Å². The molecule has 7 heteroatoms. The molecule has 0 radical (unpaired) electrons. The SMILES string of the molecule is CCOC(=O)c1cncc(N2C[C@@H]3CN(C(=O)OC(C)(C)C)C[C@H]3C2)c1. The van der Waals surface area contributed by atoms with Crippen LogP contribution in [0.1, 0.15) is 38.1 Å². The second-order valence-electron chi connectivity index (χ2n) is 7.96. The summed E-state index contributed by atoms with van der Waals surface area (Å²) >= 11 is 0. The van der Waals surface area contributed by atoms with Crippen molar-refractivity contribution in [3.05, 3.63) is 24.0 Å². The highest BCUT2D eigenvalue weighted by molar-refractivity contribution is 5.90. The number of hydrogen-bond donors (Lipinski definition) is 0. The van der Waals surface area contributed by atoms with Crippen molar-refractivity contribution < 1.29 is 19.1 Å². The van der Waals surface area contributed by atoms with Gasteiger partial charge in [0.25, 0.3) is 0 Å². The lowest BCUT2D eigenvalue weighted by atomic mass is 10.0.